The number of fused-ring (bicyclic) bond motifs is 1. The number of aromatic nitrogens is 1. The molecule has 4 heteroatoms. The highest BCUT2D eigenvalue weighted by molar-refractivity contribution is 9.11. The number of hydrogen-bond donors (Lipinski definition) is 1. The van der Waals surface area contributed by atoms with Gasteiger partial charge in [0.1, 0.15) is 0 Å². The van der Waals surface area contributed by atoms with Gasteiger partial charge in [-0.15, -0.1) is 0 Å². The third-order valence-electron chi connectivity index (χ3n) is 3.92. The maximum atomic E-state index is 4.91. The third-order valence-corrected chi connectivity index (χ3v) is 5.22. The zero-order valence-corrected chi connectivity index (χ0v) is 14.0. The predicted molar refractivity (Wildman–Crippen MR) is 87.9 cm³/mol. The number of anilines is 1. The highest BCUT2D eigenvalue weighted by Crippen LogP contribution is 2.39. The van der Waals surface area contributed by atoms with Crippen LogP contribution in [0.2, 0.25) is 0 Å². The van der Waals surface area contributed by atoms with Crippen molar-refractivity contribution in [1.29, 1.82) is 0 Å². The number of nitrogens with zero attached hydrogens (tertiary/aromatic N) is 1. The highest BCUT2D eigenvalue weighted by atomic mass is 79.9. The summed E-state index contributed by atoms with van der Waals surface area (Å²) in [4.78, 5) is 4.91. The summed E-state index contributed by atoms with van der Waals surface area (Å²) in [5.74, 6) is 0.627. The summed E-state index contributed by atoms with van der Waals surface area (Å²) in [6, 6.07) is 6.33. The Labute approximate surface area is 130 Å². The molecule has 1 aliphatic carbocycles. The highest BCUT2D eigenvalue weighted by Gasteiger charge is 2.20. The lowest BCUT2D eigenvalue weighted by Crippen LogP contribution is -2.01. The lowest BCUT2D eigenvalue weighted by atomic mass is 10.0. The Balaban J connectivity index is 2.24. The number of hydrogen-bond acceptors (Lipinski definition) is 2. The Morgan fingerprint density at radius 2 is 1.84 bits per heavy atom. The van der Waals surface area contributed by atoms with Gasteiger partial charge in [0.2, 0.25) is 0 Å². The molecule has 0 amide bonds. The summed E-state index contributed by atoms with van der Waals surface area (Å²) in [5, 5.41) is 4.46. The molecule has 0 saturated heterocycles. The number of benzene rings is 1. The minimum absolute atomic E-state index is 0.627. The van der Waals surface area contributed by atoms with Crippen molar-refractivity contribution in [3.63, 3.8) is 0 Å². The van der Waals surface area contributed by atoms with Crippen LogP contribution in [0.5, 0.6) is 0 Å². The first-order valence-corrected chi connectivity index (χ1v) is 8.25. The van der Waals surface area contributed by atoms with Crippen molar-refractivity contribution in [2.75, 3.05) is 12.4 Å². The molecule has 0 unspecified atom stereocenters. The largest absolute Gasteiger partial charge is 0.387 e. The fourth-order valence-corrected chi connectivity index (χ4v) is 3.87. The first-order valence-electron chi connectivity index (χ1n) is 6.67. The van der Waals surface area contributed by atoms with Crippen LogP contribution in [-0.2, 0) is 0 Å². The van der Waals surface area contributed by atoms with Crippen LogP contribution < -0.4 is 5.32 Å². The van der Waals surface area contributed by atoms with Gasteiger partial charge < -0.3 is 5.32 Å². The maximum Gasteiger partial charge on any atom is 0.0879 e. The molecule has 19 heavy (non-hydrogen) atoms. The van der Waals surface area contributed by atoms with Crippen LogP contribution >= 0.6 is 31.9 Å². The van der Waals surface area contributed by atoms with E-state index in [2.05, 4.69) is 55.4 Å². The van der Waals surface area contributed by atoms with Gasteiger partial charge in [0.25, 0.3) is 0 Å². The van der Waals surface area contributed by atoms with Crippen LogP contribution in [0.4, 0.5) is 5.69 Å². The zero-order chi connectivity index (χ0) is 13.4. The van der Waals surface area contributed by atoms with E-state index in [0.717, 1.165) is 25.5 Å². The summed E-state index contributed by atoms with van der Waals surface area (Å²) in [5.41, 5.74) is 3.43. The molecule has 1 saturated carbocycles. The zero-order valence-electron chi connectivity index (χ0n) is 10.8. The normalized spacial score (nSPS) is 16.2. The average Bonchev–Trinajstić information content (AvgIpc) is 2.96. The molecule has 0 atom stereocenters. The SMILES string of the molecule is CNc1cc(C2CCCC2)nc2c(Br)ccc(Br)c12. The van der Waals surface area contributed by atoms with Gasteiger partial charge in [-0.2, -0.15) is 0 Å². The molecule has 1 aliphatic rings. The molecule has 0 aliphatic heterocycles. The second-order valence-corrected chi connectivity index (χ2v) is 6.79. The van der Waals surface area contributed by atoms with Crippen LogP contribution in [0.25, 0.3) is 10.9 Å². The summed E-state index contributed by atoms with van der Waals surface area (Å²) < 4.78 is 2.14. The van der Waals surface area contributed by atoms with Crippen LogP contribution in [0, 0.1) is 0 Å². The predicted octanol–water partition coefficient (Wildman–Crippen LogP) is 5.46. The lowest BCUT2D eigenvalue weighted by Gasteiger charge is -2.15. The van der Waals surface area contributed by atoms with Gasteiger partial charge in [-0.05, 0) is 47.0 Å². The Kier molecular flexibility index (Phi) is 3.81. The van der Waals surface area contributed by atoms with Gasteiger partial charge in [0, 0.05) is 38.7 Å². The van der Waals surface area contributed by atoms with E-state index >= 15 is 0 Å². The third kappa shape index (κ3) is 2.40. The van der Waals surface area contributed by atoms with Gasteiger partial charge in [0.15, 0.2) is 0 Å². The van der Waals surface area contributed by atoms with Gasteiger partial charge in [-0.1, -0.05) is 28.8 Å². The maximum absolute atomic E-state index is 4.91. The van der Waals surface area contributed by atoms with Crippen molar-refractivity contribution >= 4 is 48.5 Å². The number of nitrogens with one attached hydrogen (secondary N) is 1. The molecule has 1 heterocycles. The van der Waals surface area contributed by atoms with E-state index < -0.39 is 0 Å². The summed E-state index contributed by atoms with van der Waals surface area (Å²) >= 11 is 7.26. The molecule has 100 valence electrons. The smallest absolute Gasteiger partial charge is 0.0879 e. The number of rotatable bonds is 2. The van der Waals surface area contributed by atoms with Crippen molar-refractivity contribution in [3.8, 4) is 0 Å². The van der Waals surface area contributed by atoms with Gasteiger partial charge in [-0.25, -0.2) is 0 Å². The second-order valence-electron chi connectivity index (χ2n) is 5.08. The van der Waals surface area contributed by atoms with Crippen LogP contribution in [0.1, 0.15) is 37.3 Å². The molecule has 0 bridgehead atoms. The first kappa shape index (κ1) is 13.4. The number of halogens is 2. The molecule has 1 N–H and O–H groups in total. The molecule has 2 nitrogen and oxygen atoms in total. The Bertz CT molecular complexity index is 619. The summed E-state index contributed by atoms with van der Waals surface area (Å²) in [6.07, 6.45) is 5.21. The molecule has 3 rings (SSSR count). The van der Waals surface area contributed by atoms with Crippen molar-refractivity contribution in [1.82, 2.24) is 4.98 Å². The van der Waals surface area contributed by atoms with Crippen molar-refractivity contribution in [2.24, 2.45) is 0 Å². The van der Waals surface area contributed by atoms with Gasteiger partial charge in [-0.3, -0.25) is 4.98 Å². The van der Waals surface area contributed by atoms with E-state index in [9.17, 15) is 0 Å². The first-order chi connectivity index (χ1) is 9.20. The van der Waals surface area contributed by atoms with Crippen molar-refractivity contribution < 1.29 is 0 Å². The van der Waals surface area contributed by atoms with Crippen molar-refractivity contribution in [2.45, 2.75) is 31.6 Å². The Hall–Kier alpha value is -0.610. The molecular weight excluding hydrogens is 368 g/mol. The van der Waals surface area contributed by atoms with E-state index in [1.807, 2.05) is 7.05 Å². The van der Waals surface area contributed by atoms with E-state index in [1.54, 1.807) is 0 Å². The average molecular weight is 384 g/mol. The fraction of sp³-hybridized carbons (Fsp3) is 0.400. The monoisotopic (exact) mass is 382 g/mol. The number of pyridine rings is 1. The molecule has 1 aromatic carbocycles. The molecular formula is C15H16Br2N2. The Morgan fingerprint density at radius 3 is 2.53 bits per heavy atom. The molecule has 1 aromatic heterocycles. The van der Waals surface area contributed by atoms with E-state index in [1.165, 1.54) is 31.4 Å². The van der Waals surface area contributed by atoms with Crippen molar-refractivity contribution in [3.05, 3.63) is 32.8 Å². The molecule has 0 radical (unpaired) electrons. The van der Waals surface area contributed by atoms with E-state index in [-0.39, 0.29) is 0 Å². The van der Waals surface area contributed by atoms with Gasteiger partial charge >= 0.3 is 0 Å². The molecule has 1 fully saturated rings. The minimum Gasteiger partial charge on any atom is -0.387 e. The fourth-order valence-electron chi connectivity index (χ4n) is 2.92. The second kappa shape index (κ2) is 5.41. The summed E-state index contributed by atoms with van der Waals surface area (Å²) in [7, 11) is 1.97. The van der Waals surface area contributed by atoms with Crippen LogP contribution in [0.15, 0.2) is 27.1 Å². The van der Waals surface area contributed by atoms with Gasteiger partial charge in [0.05, 0.1) is 5.52 Å². The van der Waals surface area contributed by atoms with E-state index in [0.29, 0.717) is 5.92 Å². The molecule has 0 spiro atoms. The van der Waals surface area contributed by atoms with E-state index in [4.69, 9.17) is 4.98 Å². The topological polar surface area (TPSA) is 24.9 Å². The quantitative estimate of drug-likeness (QED) is 0.744. The lowest BCUT2D eigenvalue weighted by molar-refractivity contribution is 0.701. The minimum atomic E-state index is 0.627. The summed E-state index contributed by atoms with van der Waals surface area (Å²) in [6.45, 7) is 0. The standard InChI is InChI=1S/C15H16Br2N2/c1-18-13-8-12(9-4-2-3-5-9)19-15-11(17)7-6-10(16)14(13)15/h6-9H,2-5H2,1H3,(H,18,19). The van der Waals surface area contributed by atoms with Crippen LogP contribution in [-0.4, -0.2) is 12.0 Å². The Morgan fingerprint density at radius 1 is 1.16 bits per heavy atom. The molecule has 2 aromatic rings. The van der Waals surface area contributed by atoms with Crippen LogP contribution in [0.3, 0.4) is 0 Å².